The summed E-state index contributed by atoms with van der Waals surface area (Å²) in [6.07, 6.45) is 0.612. The number of carbonyl (C=O) groups excluding carboxylic acids is 2. The smallest absolute Gasteiger partial charge is 0.319 e. The Bertz CT molecular complexity index is 772. The summed E-state index contributed by atoms with van der Waals surface area (Å²) in [5.41, 5.74) is 2.13. The number of nitrogens with one attached hydrogen (secondary N) is 2. The largest absolute Gasteiger partial charge is 0.378 e. The lowest BCUT2D eigenvalue weighted by molar-refractivity contribution is 0.0303. The number of nitrogens with zero attached hydrogens (tertiary/aromatic N) is 1. The third kappa shape index (κ3) is 5.52. The molecule has 0 bridgehead atoms. The first-order valence-corrected chi connectivity index (χ1v) is 8.88. The van der Waals surface area contributed by atoms with Crippen LogP contribution in [0.25, 0.3) is 0 Å². The second-order valence-electron chi connectivity index (χ2n) is 6.24. The van der Waals surface area contributed by atoms with Gasteiger partial charge in [0.1, 0.15) is 5.82 Å². The van der Waals surface area contributed by atoms with Crippen molar-refractivity contribution >= 4 is 17.6 Å². The summed E-state index contributed by atoms with van der Waals surface area (Å²) >= 11 is 0. The molecule has 7 heteroatoms. The van der Waals surface area contributed by atoms with Crippen molar-refractivity contribution in [2.75, 3.05) is 38.2 Å². The highest BCUT2D eigenvalue weighted by atomic mass is 19.1. The Kier molecular flexibility index (Phi) is 6.38. The van der Waals surface area contributed by atoms with Crippen molar-refractivity contribution in [3.05, 3.63) is 65.5 Å². The third-order valence-corrected chi connectivity index (χ3v) is 4.30. The molecule has 1 aliphatic heterocycles. The van der Waals surface area contributed by atoms with Gasteiger partial charge in [0.2, 0.25) is 0 Å². The molecule has 1 saturated heterocycles. The summed E-state index contributed by atoms with van der Waals surface area (Å²) in [6.45, 7) is 2.74. The number of carbonyl (C=O) groups is 2. The SMILES string of the molecule is O=C(NCCc1ccc(F)cc1)Nc1ccc(C(=O)N2CCOCC2)cc1. The summed E-state index contributed by atoms with van der Waals surface area (Å²) in [4.78, 5) is 26.1. The van der Waals surface area contributed by atoms with Gasteiger partial charge in [-0.25, -0.2) is 9.18 Å². The molecule has 2 N–H and O–H groups in total. The maximum absolute atomic E-state index is 12.9. The molecule has 0 atom stereocenters. The Morgan fingerprint density at radius 3 is 2.33 bits per heavy atom. The molecule has 6 nitrogen and oxygen atoms in total. The molecule has 27 heavy (non-hydrogen) atoms. The second kappa shape index (κ2) is 9.14. The van der Waals surface area contributed by atoms with E-state index in [0.29, 0.717) is 50.5 Å². The summed E-state index contributed by atoms with van der Waals surface area (Å²) < 4.78 is 18.1. The number of anilines is 1. The number of urea groups is 1. The Morgan fingerprint density at radius 1 is 1.00 bits per heavy atom. The number of hydrogen-bond acceptors (Lipinski definition) is 3. The average molecular weight is 371 g/mol. The molecule has 1 aliphatic rings. The lowest BCUT2D eigenvalue weighted by Gasteiger charge is -2.26. The normalized spacial score (nSPS) is 13.9. The second-order valence-corrected chi connectivity index (χ2v) is 6.24. The van der Waals surface area contributed by atoms with Gasteiger partial charge in [0.05, 0.1) is 13.2 Å². The molecule has 0 saturated carbocycles. The Labute approximate surface area is 157 Å². The molecular formula is C20H22FN3O3. The van der Waals surface area contributed by atoms with Gasteiger partial charge in [-0.05, 0) is 48.4 Å². The number of rotatable bonds is 5. The van der Waals surface area contributed by atoms with Crippen LogP contribution >= 0.6 is 0 Å². The van der Waals surface area contributed by atoms with Crippen LogP contribution in [0.1, 0.15) is 15.9 Å². The van der Waals surface area contributed by atoms with Crippen LogP contribution in [0.5, 0.6) is 0 Å². The molecule has 3 amide bonds. The van der Waals surface area contributed by atoms with Crippen molar-refractivity contribution in [3.8, 4) is 0 Å². The molecule has 0 unspecified atom stereocenters. The predicted octanol–water partition coefficient (Wildman–Crippen LogP) is 2.66. The number of ether oxygens (including phenoxy) is 1. The maximum Gasteiger partial charge on any atom is 0.319 e. The minimum Gasteiger partial charge on any atom is -0.378 e. The first-order valence-electron chi connectivity index (χ1n) is 8.88. The van der Waals surface area contributed by atoms with Crippen LogP contribution in [0.2, 0.25) is 0 Å². The van der Waals surface area contributed by atoms with E-state index in [4.69, 9.17) is 4.74 Å². The highest BCUT2D eigenvalue weighted by molar-refractivity contribution is 5.95. The van der Waals surface area contributed by atoms with Crippen LogP contribution in [-0.4, -0.2) is 49.7 Å². The number of amides is 3. The molecule has 1 fully saturated rings. The van der Waals surface area contributed by atoms with Gasteiger partial charge in [-0.3, -0.25) is 4.79 Å². The monoisotopic (exact) mass is 371 g/mol. The highest BCUT2D eigenvalue weighted by Gasteiger charge is 2.18. The van der Waals surface area contributed by atoms with Crippen LogP contribution < -0.4 is 10.6 Å². The van der Waals surface area contributed by atoms with E-state index < -0.39 is 0 Å². The molecule has 142 valence electrons. The molecule has 0 spiro atoms. The number of halogens is 1. The summed E-state index contributed by atoms with van der Waals surface area (Å²) in [5, 5.41) is 5.48. The lowest BCUT2D eigenvalue weighted by Crippen LogP contribution is -2.40. The minimum atomic E-state index is -0.329. The van der Waals surface area contributed by atoms with E-state index in [1.807, 2.05) is 0 Å². The average Bonchev–Trinajstić information content (AvgIpc) is 2.70. The van der Waals surface area contributed by atoms with Crippen molar-refractivity contribution in [2.24, 2.45) is 0 Å². The van der Waals surface area contributed by atoms with E-state index in [1.165, 1.54) is 12.1 Å². The van der Waals surface area contributed by atoms with Gasteiger partial charge in [-0.2, -0.15) is 0 Å². The standard InChI is InChI=1S/C20H22FN3O3/c21-17-5-1-15(2-6-17)9-10-22-20(26)23-18-7-3-16(4-8-18)19(25)24-11-13-27-14-12-24/h1-8H,9-14H2,(H2,22,23,26). The fraction of sp³-hybridized carbons (Fsp3) is 0.300. The van der Waals surface area contributed by atoms with Crippen LogP contribution in [-0.2, 0) is 11.2 Å². The molecule has 0 aliphatic carbocycles. The van der Waals surface area contributed by atoms with Gasteiger partial charge in [0.25, 0.3) is 5.91 Å². The summed E-state index contributed by atoms with van der Waals surface area (Å²) in [6, 6.07) is 12.7. The van der Waals surface area contributed by atoms with E-state index in [0.717, 1.165) is 5.56 Å². The van der Waals surface area contributed by atoms with Crippen molar-refractivity contribution in [2.45, 2.75) is 6.42 Å². The van der Waals surface area contributed by atoms with Gasteiger partial charge in [0, 0.05) is 30.9 Å². The van der Waals surface area contributed by atoms with E-state index in [-0.39, 0.29) is 17.8 Å². The molecular weight excluding hydrogens is 349 g/mol. The minimum absolute atomic E-state index is 0.0337. The van der Waals surface area contributed by atoms with Crippen molar-refractivity contribution in [1.82, 2.24) is 10.2 Å². The molecule has 3 rings (SSSR count). The topological polar surface area (TPSA) is 70.7 Å². The van der Waals surface area contributed by atoms with E-state index in [2.05, 4.69) is 10.6 Å². The van der Waals surface area contributed by atoms with Gasteiger partial charge in [0.15, 0.2) is 0 Å². The van der Waals surface area contributed by atoms with Crippen molar-refractivity contribution in [1.29, 1.82) is 0 Å². The maximum atomic E-state index is 12.9. The first kappa shape index (κ1) is 18.8. The van der Waals surface area contributed by atoms with Gasteiger partial charge in [-0.15, -0.1) is 0 Å². The van der Waals surface area contributed by atoms with Gasteiger partial charge < -0.3 is 20.3 Å². The Morgan fingerprint density at radius 2 is 1.67 bits per heavy atom. The summed E-state index contributed by atoms with van der Waals surface area (Å²) in [5.74, 6) is -0.311. The lowest BCUT2D eigenvalue weighted by atomic mass is 10.1. The Balaban J connectivity index is 1.45. The highest BCUT2D eigenvalue weighted by Crippen LogP contribution is 2.12. The number of benzene rings is 2. The zero-order chi connectivity index (χ0) is 19.1. The van der Waals surface area contributed by atoms with Gasteiger partial charge in [-0.1, -0.05) is 12.1 Å². The van der Waals surface area contributed by atoms with Crippen LogP contribution in [0.15, 0.2) is 48.5 Å². The van der Waals surface area contributed by atoms with Gasteiger partial charge >= 0.3 is 6.03 Å². The van der Waals surface area contributed by atoms with Crippen LogP contribution in [0.3, 0.4) is 0 Å². The van der Waals surface area contributed by atoms with E-state index in [1.54, 1.807) is 41.3 Å². The quantitative estimate of drug-likeness (QED) is 0.849. The van der Waals surface area contributed by atoms with Crippen molar-refractivity contribution < 1.29 is 18.7 Å². The predicted molar refractivity (Wildman–Crippen MR) is 100 cm³/mol. The Hall–Kier alpha value is -2.93. The molecule has 2 aromatic carbocycles. The van der Waals surface area contributed by atoms with Crippen LogP contribution in [0, 0.1) is 5.82 Å². The fourth-order valence-electron chi connectivity index (χ4n) is 2.79. The zero-order valence-electron chi connectivity index (χ0n) is 14.9. The number of hydrogen-bond donors (Lipinski definition) is 2. The first-order chi connectivity index (χ1) is 13.1. The molecule has 0 aromatic heterocycles. The third-order valence-electron chi connectivity index (χ3n) is 4.30. The van der Waals surface area contributed by atoms with Crippen molar-refractivity contribution in [3.63, 3.8) is 0 Å². The molecule has 0 radical (unpaired) electrons. The zero-order valence-corrected chi connectivity index (χ0v) is 14.9. The summed E-state index contributed by atoms with van der Waals surface area (Å²) in [7, 11) is 0. The van der Waals surface area contributed by atoms with Crippen LogP contribution in [0.4, 0.5) is 14.9 Å². The van der Waals surface area contributed by atoms with E-state index >= 15 is 0 Å². The fourth-order valence-corrected chi connectivity index (χ4v) is 2.79. The van der Waals surface area contributed by atoms with E-state index in [9.17, 15) is 14.0 Å². The molecule has 2 aromatic rings. The number of morpholine rings is 1. The molecule has 1 heterocycles.